The number of hydrogen-bond acceptors (Lipinski definition) is 6. The van der Waals surface area contributed by atoms with E-state index in [0.29, 0.717) is 35.0 Å². The number of rotatable bonds is 6. The van der Waals surface area contributed by atoms with Crippen LogP contribution >= 0.6 is 0 Å². The fourth-order valence-corrected chi connectivity index (χ4v) is 2.32. The van der Waals surface area contributed by atoms with Gasteiger partial charge in [-0.05, 0) is 49.4 Å². The third kappa shape index (κ3) is 4.06. The normalized spacial score (nSPS) is 10.0. The third-order valence-electron chi connectivity index (χ3n) is 3.53. The maximum Gasteiger partial charge on any atom is 0.180 e. The Morgan fingerprint density at radius 3 is 2.73 bits per heavy atom. The van der Waals surface area contributed by atoms with E-state index < -0.39 is 0 Å². The number of aromatic hydroxyl groups is 1. The minimum atomic E-state index is 0.211. The molecule has 2 heterocycles. The molecule has 130 valence electrons. The fraction of sp³-hybridized carbons (Fsp3) is 0.100. The van der Waals surface area contributed by atoms with Gasteiger partial charge in [-0.15, -0.1) is 6.58 Å². The first kappa shape index (κ1) is 17.2. The molecule has 0 saturated heterocycles. The lowest BCUT2D eigenvalue weighted by atomic mass is 10.1. The van der Waals surface area contributed by atoms with Crippen LogP contribution in [-0.2, 0) is 0 Å². The van der Waals surface area contributed by atoms with Crippen LogP contribution in [0.1, 0.15) is 6.92 Å². The van der Waals surface area contributed by atoms with Gasteiger partial charge in [0.2, 0.25) is 0 Å². The fourth-order valence-electron chi connectivity index (χ4n) is 2.32. The smallest absolute Gasteiger partial charge is 0.180 e. The second kappa shape index (κ2) is 7.96. The van der Waals surface area contributed by atoms with Crippen molar-refractivity contribution in [1.29, 1.82) is 0 Å². The van der Waals surface area contributed by atoms with E-state index in [2.05, 4.69) is 37.9 Å². The number of phenolic OH excluding ortho intramolecular Hbond substituents is 1. The number of benzene rings is 1. The Bertz CT molecular complexity index is 989. The molecule has 3 N–H and O–H groups in total. The molecule has 0 aliphatic rings. The van der Waals surface area contributed by atoms with Gasteiger partial charge in [0.25, 0.3) is 0 Å². The van der Waals surface area contributed by atoms with Crippen molar-refractivity contribution in [3.05, 3.63) is 72.9 Å². The van der Waals surface area contributed by atoms with E-state index in [1.165, 1.54) is 0 Å². The summed E-state index contributed by atoms with van der Waals surface area (Å²) in [4.78, 5) is 13.5. The van der Waals surface area contributed by atoms with E-state index in [0.717, 1.165) is 5.56 Å². The molecule has 0 saturated carbocycles. The van der Waals surface area contributed by atoms with Crippen molar-refractivity contribution in [2.75, 3.05) is 11.9 Å². The van der Waals surface area contributed by atoms with Crippen LogP contribution in [0.3, 0.4) is 0 Å². The highest BCUT2D eigenvalue weighted by molar-refractivity contribution is 5.75. The Labute approximate surface area is 151 Å². The molecule has 0 bridgehead atoms. The molecule has 0 unspecified atom stereocenters. The first-order valence-electron chi connectivity index (χ1n) is 8.16. The molecule has 0 spiro atoms. The molecule has 6 heteroatoms. The van der Waals surface area contributed by atoms with Crippen LogP contribution in [0.25, 0.3) is 22.4 Å². The molecule has 3 aromatic rings. The first-order valence-corrected chi connectivity index (χ1v) is 8.16. The van der Waals surface area contributed by atoms with Crippen LogP contribution in [0.5, 0.6) is 5.75 Å². The summed E-state index contributed by atoms with van der Waals surface area (Å²) in [5.41, 5.74) is 5.86. The highest BCUT2D eigenvalue weighted by Crippen LogP contribution is 2.21. The van der Waals surface area contributed by atoms with Crippen molar-refractivity contribution >= 4 is 17.0 Å². The molecule has 0 aliphatic heterocycles. The van der Waals surface area contributed by atoms with Crippen molar-refractivity contribution in [2.45, 2.75) is 6.92 Å². The molecular weight excluding hydrogens is 326 g/mol. The second-order valence-corrected chi connectivity index (χ2v) is 5.44. The zero-order valence-corrected chi connectivity index (χ0v) is 14.4. The Kier molecular flexibility index (Phi) is 5.27. The van der Waals surface area contributed by atoms with Gasteiger partial charge in [0, 0.05) is 12.1 Å². The average Bonchev–Trinajstić information content (AvgIpc) is 2.66. The van der Waals surface area contributed by atoms with Crippen molar-refractivity contribution in [2.24, 2.45) is 0 Å². The Balaban J connectivity index is 1.92. The van der Waals surface area contributed by atoms with Gasteiger partial charge in [0.1, 0.15) is 22.9 Å². The highest BCUT2D eigenvalue weighted by Gasteiger charge is 2.06. The number of fused-ring (bicyclic) bond motifs is 1. The zero-order valence-electron chi connectivity index (χ0n) is 14.4. The summed E-state index contributed by atoms with van der Waals surface area (Å²) in [5, 5.41) is 15.8. The van der Waals surface area contributed by atoms with Gasteiger partial charge >= 0.3 is 0 Å². The summed E-state index contributed by atoms with van der Waals surface area (Å²) in [6.07, 6.45) is 5.27. The Morgan fingerprint density at radius 1 is 1.19 bits per heavy atom. The number of allylic oxidation sites excluding steroid dienone is 1. The molecule has 0 fully saturated rings. The van der Waals surface area contributed by atoms with Crippen LogP contribution in [0, 0.1) is 0 Å². The number of nitrogens with one attached hydrogen (secondary N) is 2. The van der Waals surface area contributed by atoms with Crippen molar-refractivity contribution in [3.8, 4) is 17.0 Å². The van der Waals surface area contributed by atoms with Gasteiger partial charge < -0.3 is 15.7 Å². The topological polar surface area (TPSA) is 83.0 Å². The molecule has 2 aromatic heterocycles. The number of anilines is 1. The number of nitrogens with zero attached hydrogens (tertiary/aromatic N) is 3. The van der Waals surface area contributed by atoms with Gasteiger partial charge in [-0.2, -0.15) is 0 Å². The van der Waals surface area contributed by atoms with Crippen LogP contribution in [0.15, 0.2) is 72.9 Å². The van der Waals surface area contributed by atoms with E-state index in [1.54, 1.807) is 36.5 Å². The van der Waals surface area contributed by atoms with Gasteiger partial charge in [-0.1, -0.05) is 11.8 Å². The van der Waals surface area contributed by atoms with Crippen LogP contribution in [0.2, 0.25) is 0 Å². The lowest BCUT2D eigenvalue weighted by Gasteiger charge is -2.10. The average molecular weight is 345 g/mol. The number of hydrogen-bond donors (Lipinski definition) is 3. The Morgan fingerprint density at radius 2 is 2.00 bits per heavy atom. The predicted molar refractivity (Wildman–Crippen MR) is 104 cm³/mol. The number of pyridine rings is 1. The lowest BCUT2D eigenvalue weighted by molar-refractivity contribution is 0.475. The molecule has 0 aliphatic carbocycles. The largest absolute Gasteiger partial charge is 0.508 e. The number of aromatic nitrogens is 3. The van der Waals surface area contributed by atoms with Crippen molar-refractivity contribution in [3.63, 3.8) is 0 Å². The summed E-state index contributed by atoms with van der Waals surface area (Å²) in [6, 6.07) is 10.5. The highest BCUT2D eigenvalue weighted by atomic mass is 16.3. The molecular formula is C20H19N5O. The van der Waals surface area contributed by atoms with Crippen molar-refractivity contribution in [1.82, 2.24) is 20.3 Å². The quantitative estimate of drug-likeness (QED) is 0.468. The minimum Gasteiger partial charge on any atom is -0.508 e. The minimum absolute atomic E-state index is 0.211. The Hall–Kier alpha value is -3.63. The predicted octanol–water partition coefficient (Wildman–Crippen LogP) is 3.60. The zero-order chi connectivity index (χ0) is 18.4. The van der Waals surface area contributed by atoms with Gasteiger partial charge in [0.15, 0.2) is 5.65 Å². The monoisotopic (exact) mass is 345 g/mol. The summed E-state index contributed by atoms with van der Waals surface area (Å²) in [5.74, 6) is 1.54. The molecule has 0 radical (unpaired) electrons. The van der Waals surface area contributed by atoms with Crippen LogP contribution < -0.4 is 10.6 Å². The molecule has 3 rings (SSSR count). The number of phenols is 1. The molecule has 0 atom stereocenters. The van der Waals surface area contributed by atoms with Crippen LogP contribution in [0.4, 0.5) is 5.82 Å². The van der Waals surface area contributed by atoms with Crippen LogP contribution in [-0.4, -0.2) is 26.6 Å². The van der Waals surface area contributed by atoms with E-state index in [4.69, 9.17) is 0 Å². The SMILES string of the molecule is C=CCNC(=C=CC)Nc1ccc2ncc(-c3ccc(O)cc3)nc2n1. The van der Waals surface area contributed by atoms with E-state index in [1.807, 2.05) is 25.1 Å². The summed E-state index contributed by atoms with van der Waals surface area (Å²) in [6.45, 7) is 6.20. The first-order chi connectivity index (χ1) is 12.7. The second-order valence-electron chi connectivity index (χ2n) is 5.44. The maximum absolute atomic E-state index is 9.42. The summed E-state index contributed by atoms with van der Waals surface area (Å²) < 4.78 is 0. The van der Waals surface area contributed by atoms with Gasteiger partial charge in [0.05, 0.1) is 11.9 Å². The lowest BCUT2D eigenvalue weighted by Crippen LogP contribution is -2.19. The van der Waals surface area contributed by atoms with Crippen molar-refractivity contribution < 1.29 is 5.11 Å². The maximum atomic E-state index is 9.42. The molecule has 6 nitrogen and oxygen atoms in total. The molecule has 0 amide bonds. The standard InChI is InChI=1S/C20H19N5O/c1-3-5-18(21-12-4-2)24-19-11-10-16-20(25-19)23-17(13-22-16)14-6-8-15(26)9-7-14/h3-4,6-11,13,21,26H,2,12H2,1H3,(H,23,24,25). The van der Waals surface area contributed by atoms with Gasteiger partial charge in [-0.3, -0.25) is 4.98 Å². The third-order valence-corrected chi connectivity index (χ3v) is 3.53. The molecule has 1 aromatic carbocycles. The summed E-state index contributed by atoms with van der Waals surface area (Å²) in [7, 11) is 0. The van der Waals surface area contributed by atoms with E-state index >= 15 is 0 Å². The summed E-state index contributed by atoms with van der Waals surface area (Å²) >= 11 is 0. The van der Waals surface area contributed by atoms with E-state index in [9.17, 15) is 5.11 Å². The van der Waals surface area contributed by atoms with Gasteiger partial charge in [-0.25, -0.2) is 9.97 Å². The van der Waals surface area contributed by atoms with E-state index in [-0.39, 0.29) is 5.75 Å². The molecule has 26 heavy (non-hydrogen) atoms.